The molecule has 0 saturated carbocycles. The van der Waals surface area contributed by atoms with Crippen molar-refractivity contribution in [2.24, 2.45) is 0 Å². The smallest absolute Gasteiger partial charge is 0.192 e. The molecular formula is C15H25O2Si. The monoisotopic (exact) mass is 265 g/mol. The van der Waals surface area contributed by atoms with Crippen LogP contribution in [0.15, 0.2) is 24.3 Å². The highest BCUT2D eigenvalue weighted by Crippen LogP contribution is 2.36. The summed E-state index contributed by atoms with van der Waals surface area (Å²) in [6.07, 6.45) is 0. The third-order valence-corrected chi connectivity index (χ3v) is 8.09. The lowest BCUT2D eigenvalue weighted by atomic mass is 10.2. The Morgan fingerprint density at radius 3 is 2.28 bits per heavy atom. The zero-order valence-electron chi connectivity index (χ0n) is 12.2. The molecule has 0 heterocycles. The first-order chi connectivity index (χ1) is 8.33. The zero-order chi connectivity index (χ0) is 13.6. The van der Waals surface area contributed by atoms with Crippen LogP contribution in [-0.2, 0) is 15.8 Å². The first kappa shape index (κ1) is 15.4. The van der Waals surface area contributed by atoms with Crippen molar-refractivity contribution in [2.45, 2.75) is 45.5 Å². The van der Waals surface area contributed by atoms with Crippen LogP contribution in [0.2, 0.25) is 18.1 Å². The lowest BCUT2D eigenvalue weighted by Gasteiger charge is -2.36. The van der Waals surface area contributed by atoms with Crippen molar-refractivity contribution in [3.05, 3.63) is 35.9 Å². The number of hydrogen-bond acceptors (Lipinski definition) is 2. The second kappa shape index (κ2) is 6.50. The van der Waals surface area contributed by atoms with E-state index in [4.69, 9.17) is 9.16 Å². The van der Waals surface area contributed by atoms with Gasteiger partial charge >= 0.3 is 0 Å². The van der Waals surface area contributed by atoms with Crippen molar-refractivity contribution in [2.75, 3.05) is 13.2 Å². The Morgan fingerprint density at radius 2 is 1.72 bits per heavy atom. The van der Waals surface area contributed by atoms with E-state index in [-0.39, 0.29) is 5.04 Å². The summed E-state index contributed by atoms with van der Waals surface area (Å²) in [4.78, 5) is 0. The van der Waals surface area contributed by atoms with Gasteiger partial charge < -0.3 is 9.16 Å². The molecule has 0 unspecified atom stereocenters. The summed E-state index contributed by atoms with van der Waals surface area (Å²) in [6.45, 7) is 13.3. The predicted molar refractivity (Wildman–Crippen MR) is 78.1 cm³/mol. The van der Waals surface area contributed by atoms with Crippen molar-refractivity contribution >= 4 is 8.32 Å². The Bertz CT molecular complexity index is 341. The molecule has 0 aliphatic carbocycles. The fourth-order valence-corrected chi connectivity index (χ4v) is 2.31. The highest BCUT2D eigenvalue weighted by atomic mass is 28.4. The quantitative estimate of drug-likeness (QED) is 0.571. The molecule has 1 aromatic carbocycles. The molecule has 0 aliphatic rings. The maximum Gasteiger partial charge on any atom is 0.192 e. The topological polar surface area (TPSA) is 18.5 Å². The van der Waals surface area contributed by atoms with Gasteiger partial charge in [-0.25, -0.2) is 0 Å². The van der Waals surface area contributed by atoms with E-state index in [0.29, 0.717) is 19.8 Å². The Balaban J connectivity index is 2.20. The standard InChI is InChI=1S/C15H25O2Si/c1-15(2,3)18(4,5)17-12-11-16-13-14-9-7-6-8-10-14/h7-10H,11-13H2,1-5H3. The van der Waals surface area contributed by atoms with Gasteiger partial charge in [-0.15, -0.1) is 0 Å². The molecule has 18 heavy (non-hydrogen) atoms. The van der Waals surface area contributed by atoms with Gasteiger partial charge in [0.1, 0.15) is 0 Å². The van der Waals surface area contributed by atoms with Crippen molar-refractivity contribution in [1.82, 2.24) is 0 Å². The Hall–Kier alpha value is -0.643. The summed E-state index contributed by atoms with van der Waals surface area (Å²) < 4.78 is 11.7. The minimum atomic E-state index is -1.62. The number of rotatable bonds is 6. The maximum atomic E-state index is 6.04. The fourth-order valence-electron chi connectivity index (χ4n) is 1.28. The highest BCUT2D eigenvalue weighted by molar-refractivity contribution is 6.74. The van der Waals surface area contributed by atoms with Crippen LogP contribution >= 0.6 is 0 Å². The average molecular weight is 265 g/mol. The first-order valence-corrected chi connectivity index (χ1v) is 9.40. The fraction of sp³-hybridized carbons (Fsp3) is 0.600. The molecule has 0 bridgehead atoms. The molecular weight excluding hydrogens is 240 g/mol. The Labute approximate surface area is 112 Å². The van der Waals surface area contributed by atoms with Crippen molar-refractivity contribution in [3.8, 4) is 0 Å². The zero-order valence-corrected chi connectivity index (χ0v) is 13.2. The average Bonchev–Trinajstić information content (AvgIpc) is 2.28. The van der Waals surface area contributed by atoms with Crippen LogP contribution in [0.1, 0.15) is 26.3 Å². The first-order valence-electron chi connectivity index (χ1n) is 6.50. The van der Waals surface area contributed by atoms with Gasteiger partial charge in [0.05, 0.1) is 19.8 Å². The summed E-state index contributed by atoms with van der Waals surface area (Å²) in [5.74, 6) is 0. The molecule has 0 aromatic heterocycles. The second-order valence-electron chi connectivity index (χ2n) is 6.07. The van der Waals surface area contributed by atoms with E-state index in [1.165, 1.54) is 5.56 Å². The van der Waals surface area contributed by atoms with Crippen LogP contribution < -0.4 is 0 Å². The third-order valence-electron chi connectivity index (χ3n) is 3.55. The molecule has 0 spiro atoms. The summed E-state index contributed by atoms with van der Waals surface area (Å²) >= 11 is 0. The number of hydrogen-bond donors (Lipinski definition) is 0. The van der Waals surface area contributed by atoms with Gasteiger partial charge in [0, 0.05) is 0 Å². The lowest BCUT2D eigenvalue weighted by molar-refractivity contribution is 0.0846. The van der Waals surface area contributed by atoms with Crippen LogP contribution in [0.4, 0.5) is 0 Å². The van der Waals surface area contributed by atoms with E-state index < -0.39 is 8.32 Å². The minimum absolute atomic E-state index is 0.266. The summed E-state index contributed by atoms with van der Waals surface area (Å²) in [6, 6.07) is 10.9. The Morgan fingerprint density at radius 1 is 1.11 bits per heavy atom. The Kier molecular flexibility index (Phi) is 5.57. The van der Waals surface area contributed by atoms with Gasteiger partial charge in [0.15, 0.2) is 8.32 Å². The van der Waals surface area contributed by atoms with Crippen LogP contribution in [0, 0.1) is 6.07 Å². The summed E-state index contributed by atoms with van der Waals surface area (Å²) in [7, 11) is -1.62. The van der Waals surface area contributed by atoms with E-state index in [2.05, 4.69) is 39.9 Å². The van der Waals surface area contributed by atoms with Crippen molar-refractivity contribution < 1.29 is 9.16 Å². The molecule has 1 rings (SSSR count). The summed E-state index contributed by atoms with van der Waals surface area (Å²) in [5, 5.41) is 0.266. The highest BCUT2D eigenvalue weighted by Gasteiger charge is 2.36. The van der Waals surface area contributed by atoms with Crippen LogP contribution in [0.5, 0.6) is 0 Å². The normalized spacial score (nSPS) is 12.7. The van der Waals surface area contributed by atoms with E-state index in [9.17, 15) is 0 Å². The molecule has 1 aromatic rings. The molecule has 0 amide bonds. The molecule has 0 fully saturated rings. The molecule has 101 valence electrons. The van der Waals surface area contributed by atoms with E-state index >= 15 is 0 Å². The van der Waals surface area contributed by atoms with Gasteiger partial charge in [-0.05, 0) is 29.8 Å². The molecule has 1 radical (unpaired) electrons. The largest absolute Gasteiger partial charge is 0.414 e. The number of benzene rings is 1. The summed E-state index contributed by atoms with van der Waals surface area (Å²) in [5.41, 5.74) is 1.18. The van der Waals surface area contributed by atoms with Crippen LogP contribution in [0.25, 0.3) is 0 Å². The molecule has 0 atom stereocenters. The van der Waals surface area contributed by atoms with E-state index in [1.807, 2.05) is 24.3 Å². The maximum absolute atomic E-state index is 6.04. The SMILES string of the molecule is CC(C)(C)[Si](C)(C)OCCOCc1cc[c]cc1. The van der Waals surface area contributed by atoms with Gasteiger partial charge in [0.25, 0.3) is 0 Å². The van der Waals surface area contributed by atoms with Crippen molar-refractivity contribution in [1.29, 1.82) is 0 Å². The second-order valence-corrected chi connectivity index (χ2v) is 10.9. The minimum Gasteiger partial charge on any atom is -0.414 e. The van der Waals surface area contributed by atoms with Gasteiger partial charge in [0.2, 0.25) is 0 Å². The van der Waals surface area contributed by atoms with E-state index in [0.717, 1.165) is 0 Å². The molecule has 3 heteroatoms. The number of ether oxygens (including phenoxy) is 1. The predicted octanol–water partition coefficient (Wildman–Crippen LogP) is 4.03. The molecule has 0 saturated heterocycles. The molecule has 0 N–H and O–H groups in total. The van der Waals surface area contributed by atoms with Crippen molar-refractivity contribution in [3.63, 3.8) is 0 Å². The lowest BCUT2D eigenvalue weighted by Crippen LogP contribution is -2.41. The van der Waals surface area contributed by atoms with E-state index in [1.54, 1.807) is 0 Å². The van der Waals surface area contributed by atoms with Crippen LogP contribution in [-0.4, -0.2) is 21.5 Å². The van der Waals surface area contributed by atoms with Crippen LogP contribution in [0.3, 0.4) is 0 Å². The van der Waals surface area contributed by atoms with Gasteiger partial charge in [-0.3, -0.25) is 0 Å². The molecule has 0 aliphatic heterocycles. The van der Waals surface area contributed by atoms with Gasteiger partial charge in [-0.1, -0.05) is 45.0 Å². The third kappa shape index (κ3) is 4.92. The van der Waals surface area contributed by atoms with Gasteiger partial charge in [-0.2, -0.15) is 0 Å². The molecule has 2 nitrogen and oxygen atoms in total.